The van der Waals surface area contributed by atoms with Gasteiger partial charge in [-0.1, -0.05) is 12.1 Å². The van der Waals surface area contributed by atoms with Gasteiger partial charge in [0.05, 0.1) is 11.7 Å². The van der Waals surface area contributed by atoms with E-state index in [4.69, 9.17) is 4.74 Å². The highest BCUT2D eigenvalue weighted by molar-refractivity contribution is 5.28. The largest absolute Gasteiger partial charge is 0.416 e. The minimum Gasteiger partial charge on any atom is -0.373 e. The van der Waals surface area contributed by atoms with Crippen LogP contribution in [0.1, 0.15) is 23.7 Å². The fourth-order valence-corrected chi connectivity index (χ4v) is 2.37. The quantitative estimate of drug-likeness (QED) is 0.901. The van der Waals surface area contributed by atoms with Crippen molar-refractivity contribution in [1.82, 2.24) is 5.32 Å². The van der Waals surface area contributed by atoms with Crippen LogP contribution in [0.2, 0.25) is 0 Å². The Morgan fingerprint density at radius 3 is 2.83 bits per heavy atom. The van der Waals surface area contributed by atoms with Crippen molar-refractivity contribution in [2.24, 2.45) is 5.92 Å². The van der Waals surface area contributed by atoms with Gasteiger partial charge in [-0.2, -0.15) is 13.2 Å². The molecule has 1 aromatic rings. The van der Waals surface area contributed by atoms with E-state index >= 15 is 0 Å². The SMILES string of the molecule is CNCC1CCOC1c1cccc(C(F)(F)F)c1. The second-order valence-electron chi connectivity index (χ2n) is 4.52. The molecule has 1 aromatic carbocycles. The van der Waals surface area contributed by atoms with Gasteiger partial charge in [-0.05, 0) is 31.2 Å². The van der Waals surface area contributed by atoms with Crippen LogP contribution in [0.25, 0.3) is 0 Å². The minimum absolute atomic E-state index is 0.235. The molecule has 0 radical (unpaired) electrons. The molecule has 2 nitrogen and oxygen atoms in total. The number of halogens is 3. The van der Waals surface area contributed by atoms with E-state index in [0.29, 0.717) is 12.2 Å². The summed E-state index contributed by atoms with van der Waals surface area (Å²) < 4.78 is 43.5. The van der Waals surface area contributed by atoms with Crippen LogP contribution in [0.4, 0.5) is 13.2 Å². The van der Waals surface area contributed by atoms with Gasteiger partial charge >= 0.3 is 6.18 Å². The molecule has 2 unspecified atom stereocenters. The lowest BCUT2D eigenvalue weighted by Crippen LogP contribution is -2.21. The van der Waals surface area contributed by atoms with Crippen LogP contribution in [0.3, 0.4) is 0 Å². The second-order valence-corrected chi connectivity index (χ2v) is 4.52. The van der Waals surface area contributed by atoms with Crippen LogP contribution >= 0.6 is 0 Å². The molecular weight excluding hydrogens is 243 g/mol. The standard InChI is InChI=1S/C13H16F3NO/c1-17-8-10-5-6-18-12(10)9-3-2-4-11(7-9)13(14,15)16/h2-4,7,10,12,17H,5-6,8H2,1H3. The first-order valence-corrected chi connectivity index (χ1v) is 5.95. The number of nitrogens with one attached hydrogen (secondary N) is 1. The van der Waals surface area contributed by atoms with Crippen LogP contribution < -0.4 is 5.32 Å². The predicted octanol–water partition coefficient (Wildman–Crippen LogP) is 3.00. The van der Waals surface area contributed by atoms with Crippen LogP contribution in [-0.4, -0.2) is 20.2 Å². The van der Waals surface area contributed by atoms with Gasteiger partial charge in [0.15, 0.2) is 0 Å². The third-order valence-electron chi connectivity index (χ3n) is 3.22. The van der Waals surface area contributed by atoms with Gasteiger partial charge in [-0.25, -0.2) is 0 Å². The maximum Gasteiger partial charge on any atom is 0.416 e. The van der Waals surface area contributed by atoms with E-state index in [2.05, 4.69) is 5.32 Å². The number of alkyl halides is 3. The molecule has 100 valence electrons. The Bertz CT molecular complexity index is 405. The molecule has 2 rings (SSSR count). The average molecular weight is 259 g/mol. The van der Waals surface area contributed by atoms with E-state index in [1.54, 1.807) is 6.07 Å². The molecule has 0 saturated carbocycles. The summed E-state index contributed by atoms with van der Waals surface area (Å²) in [4.78, 5) is 0. The Hall–Kier alpha value is -1.07. The molecular formula is C13H16F3NO. The van der Waals surface area contributed by atoms with Crippen LogP contribution in [-0.2, 0) is 10.9 Å². The van der Waals surface area contributed by atoms with Gasteiger partial charge in [-0.15, -0.1) is 0 Å². The van der Waals surface area contributed by atoms with Gasteiger partial charge < -0.3 is 10.1 Å². The zero-order valence-electron chi connectivity index (χ0n) is 10.1. The fraction of sp³-hybridized carbons (Fsp3) is 0.538. The van der Waals surface area contributed by atoms with Crippen molar-refractivity contribution in [2.75, 3.05) is 20.2 Å². The Morgan fingerprint density at radius 2 is 2.17 bits per heavy atom. The monoisotopic (exact) mass is 259 g/mol. The van der Waals surface area contributed by atoms with Crippen molar-refractivity contribution in [2.45, 2.75) is 18.7 Å². The number of hydrogen-bond donors (Lipinski definition) is 1. The Labute approximate surface area is 104 Å². The van der Waals surface area contributed by atoms with Crippen LogP contribution in [0.5, 0.6) is 0 Å². The molecule has 1 aliphatic heterocycles. The normalized spacial score (nSPS) is 24.4. The summed E-state index contributed by atoms with van der Waals surface area (Å²) in [6.45, 7) is 1.36. The first-order chi connectivity index (χ1) is 8.52. The lowest BCUT2D eigenvalue weighted by molar-refractivity contribution is -0.137. The fourth-order valence-electron chi connectivity index (χ4n) is 2.37. The molecule has 0 amide bonds. The van der Waals surface area contributed by atoms with Crippen molar-refractivity contribution in [3.63, 3.8) is 0 Å². The smallest absolute Gasteiger partial charge is 0.373 e. The summed E-state index contributed by atoms with van der Waals surface area (Å²) in [7, 11) is 1.83. The van der Waals surface area contributed by atoms with Gasteiger partial charge in [0, 0.05) is 19.1 Å². The molecule has 1 fully saturated rings. The van der Waals surface area contributed by atoms with E-state index in [-0.39, 0.29) is 12.0 Å². The van der Waals surface area contributed by atoms with Gasteiger partial charge in [0.1, 0.15) is 0 Å². The number of rotatable bonds is 3. The lowest BCUT2D eigenvalue weighted by atomic mass is 9.94. The highest BCUT2D eigenvalue weighted by Gasteiger charge is 2.33. The molecule has 1 saturated heterocycles. The Morgan fingerprint density at radius 1 is 1.39 bits per heavy atom. The lowest BCUT2D eigenvalue weighted by Gasteiger charge is -2.19. The van der Waals surface area contributed by atoms with Crippen molar-refractivity contribution in [3.05, 3.63) is 35.4 Å². The summed E-state index contributed by atoms with van der Waals surface area (Å²) >= 11 is 0. The van der Waals surface area contributed by atoms with Gasteiger partial charge in [0.2, 0.25) is 0 Å². The summed E-state index contributed by atoms with van der Waals surface area (Å²) in [5, 5.41) is 3.05. The van der Waals surface area contributed by atoms with Crippen LogP contribution in [0, 0.1) is 5.92 Å². The molecule has 1 N–H and O–H groups in total. The molecule has 0 aliphatic carbocycles. The average Bonchev–Trinajstić information content (AvgIpc) is 2.77. The van der Waals surface area contributed by atoms with E-state index in [1.807, 2.05) is 7.05 Å². The summed E-state index contributed by atoms with van der Waals surface area (Å²) in [5.74, 6) is 0.235. The van der Waals surface area contributed by atoms with E-state index in [1.165, 1.54) is 12.1 Å². The van der Waals surface area contributed by atoms with Crippen molar-refractivity contribution in [1.29, 1.82) is 0 Å². The third kappa shape index (κ3) is 2.84. The second kappa shape index (κ2) is 5.28. The number of hydrogen-bond acceptors (Lipinski definition) is 2. The first-order valence-electron chi connectivity index (χ1n) is 5.95. The number of ether oxygens (including phenoxy) is 1. The van der Waals surface area contributed by atoms with Crippen molar-refractivity contribution < 1.29 is 17.9 Å². The zero-order chi connectivity index (χ0) is 13.2. The molecule has 18 heavy (non-hydrogen) atoms. The summed E-state index contributed by atoms with van der Waals surface area (Å²) in [5.41, 5.74) is 0.00119. The minimum atomic E-state index is -4.30. The molecule has 0 aromatic heterocycles. The molecule has 5 heteroatoms. The summed E-state index contributed by atoms with van der Waals surface area (Å²) in [6.07, 6.45) is -3.66. The van der Waals surface area contributed by atoms with Gasteiger partial charge in [-0.3, -0.25) is 0 Å². The van der Waals surface area contributed by atoms with E-state index in [9.17, 15) is 13.2 Å². The summed E-state index contributed by atoms with van der Waals surface area (Å²) in [6, 6.07) is 5.42. The molecule has 1 aliphatic rings. The van der Waals surface area contributed by atoms with E-state index < -0.39 is 11.7 Å². The molecule has 0 bridgehead atoms. The predicted molar refractivity (Wildman–Crippen MR) is 62.2 cm³/mol. The zero-order valence-corrected chi connectivity index (χ0v) is 10.1. The highest BCUT2D eigenvalue weighted by Crippen LogP contribution is 2.37. The maximum atomic E-state index is 12.6. The van der Waals surface area contributed by atoms with Crippen LogP contribution in [0.15, 0.2) is 24.3 Å². The van der Waals surface area contributed by atoms with Crippen molar-refractivity contribution >= 4 is 0 Å². The molecule has 0 spiro atoms. The number of benzene rings is 1. The Balaban J connectivity index is 2.22. The van der Waals surface area contributed by atoms with Gasteiger partial charge in [0.25, 0.3) is 0 Å². The highest BCUT2D eigenvalue weighted by atomic mass is 19.4. The topological polar surface area (TPSA) is 21.3 Å². The molecule has 1 heterocycles. The maximum absolute atomic E-state index is 12.6. The molecule has 2 atom stereocenters. The third-order valence-corrected chi connectivity index (χ3v) is 3.22. The first kappa shape index (κ1) is 13.4. The van der Waals surface area contributed by atoms with Crippen molar-refractivity contribution in [3.8, 4) is 0 Å². The Kier molecular flexibility index (Phi) is 3.92. The van der Waals surface area contributed by atoms with E-state index in [0.717, 1.165) is 19.0 Å².